The lowest BCUT2D eigenvalue weighted by Crippen LogP contribution is -2.11. The quantitative estimate of drug-likeness (QED) is 0.109. The van der Waals surface area contributed by atoms with E-state index in [-0.39, 0.29) is 4.90 Å². The molecule has 3 aromatic carbocycles. The van der Waals surface area contributed by atoms with Crippen molar-refractivity contribution >= 4 is 27.0 Å². The number of methoxy groups -OCH3 is 2. The molecule has 42 heavy (non-hydrogen) atoms. The first-order valence-electron chi connectivity index (χ1n) is 14.9. The molecule has 0 radical (unpaired) electrons. The maximum atomic E-state index is 13.5. The van der Waals surface area contributed by atoms with E-state index in [2.05, 4.69) is 18.2 Å². The van der Waals surface area contributed by atoms with Gasteiger partial charge in [0, 0.05) is 23.8 Å². The lowest BCUT2D eigenvalue weighted by Gasteiger charge is -2.08. The van der Waals surface area contributed by atoms with Gasteiger partial charge in [-0.1, -0.05) is 81.0 Å². The molecule has 0 unspecified atom stereocenters. The summed E-state index contributed by atoms with van der Waals surface area (Å²) in [6, 6.07) is 22.3. The second-order valence-corrected chi connectivity index (χ2v) is 12.3. The predicted octanol–water partition coefficient (Wildman–Crippen LogP) is 8.64. The average Bonchev–Trinajstić information content (AvgIpc) is 3.40. The molecule has 0 saturated heterocycles. The van der Waals surface area contributed by atoms with Crippen LogP contribution in [0.3, 0.4) is 0 Å². The SMILES string of the molecule is COc1ccc(S(=O)(=O)n2cc(C=CCCCCCCCCCCOCc3ccccc3)c3cc(OC)ccc32)cc1. The summed E-state index contributed by atoms with van der Waals surface area (Å²) in [6.45, 7) is 1.54. The Morgan fingerprint density at radius 1 is 0.738 bits per heavy atom. The monoisotopic (exact) mass is 589 g/mol. The number of unbranched alkanes of at least 4 members (excludes halogenated alkanes) is 8. The minimum absolute atomic E-state index is 0.211. The Morgan fingerprint density at radius 3 is 2.07 bits per heavy atom. The summed E-state index contributed by atoms with van der Waals surface area (Å²) in [7, 11) is -0.607. The van der Waals surface area contributed by atoms with Gasteiger partial charge in [0.1, 0.15) is 11.5 Å². The first-order chi connectivity index (χ1) is 20.5. The number of benzene rings is 3. The van der Waals surface area contributed by atoms with Crippen molar-refractivity contribution in [3.63, 3.8) is 0 Å². The van der Waals surface area contributed by atoms with Crippen LogP contribution in [0.1, 0.15) is 68.9 Å². The number of ether oxygens (including phenoxy) is 3. The van der Waals surface area contributed by atoms with Crippen LogP contribution in [-0.2, 0) is 21.4 Å². The van der Waals surface area contributed by atoms with Crippen molar-refractivity contribution in [3.8, 4) is 11.5 Å². The van der Waals surface area contributed by atoms with Crippen molar-refractivity contribution in [3.05, 3.63) is 96.2 Å². The van der Waals surface area contributed by atoms with E-state index in [0.717, 1.165) is 36.8 Å². The van der Waals surface area contributed by atoms with Crippen LogP contribution in [0.15, 0.2) is 90.0 Å². The van der Waals surface area contributed by atoms with Crippen LogP contribution >= 0.6 is 0 Å². The van der Waals surface area contributed by atoms with Gasteiger partial charge < -0.3 is 14.2 Å². The van der Waals surface area contributed by atoms with E-state index in [4.69, 9.17) is 14.2 Å². The second kappa shape index (κ2) is 16.2. The zero-order chi connectivity index (χ0) is 29.6. The molecule has 6 nitrogen and oxygen atoms in total. The van der Waals surface area contributed by atoms with Crippen molar-refractivity contribution in [2.45, 2.75) is 69.3 Å². The Kier molecular flexibility index (Phi) is 12.1. The maximum absolute atomic E-state index is 13.5. The highest BCUT2D eigenvalue weighted by Gasteiger charge is 2.21. The fourth-order valence-corrected chi connectivity index (χ4v) is 6.40. The summed E-state index contributed by atoms with van der Waals surface area (Å²) >= 11 is 0. The van der Waals surface area contributed by atoms with Crippen LogP contribution in [0, 0.1) is 0 Å². The van der Waals surface area contributed by atoms with Crippen molar-refractivity contribution in [2.75, 3.05) is 20.8 Å². The Bertz CT molecular complexity index is 1510. The molecule has 0 saturated carbocycles. The molecule has 0 aliphatic rings. The Labute approximate surface area is 251 Å². The Morgan fingerprint density at radius 2 is 1.38 bits per heavy atom. The standard InChI is InChI=1S/C35H43NO5S/c1-39-31-19-22-33(23-20-31)42(37,38)36-27-30(34-26-32(40-2)21-24-35(34)36)18-14-9-7-5-3-4-6-8-10-15-25-41-28-29-16-12-11-13-17-29/h11-14,16-24,26-27H,3-10,15,25,28H2,1-2H3. The van der Waals surface area contributed by atoms with E-state index in [1.54, 1.807) is 56.8 Å². The summed E-state index contributed by atoms with van der Waals surface area (Å²) in [5.41, 5.74) is 2.71. The van der Waals surface area contributed by atoms with Gasteiger partial charge in [-0.3, -0.25) is 0 Å². The second-order valence-electron chi connectivity index (χ2n) is 10.5. The maximum Gasteiger partial charge on any atom is 0.268 e. The molecule has 0 aliphatic carbocycles. The summed E-state index contributed by atoms with van der Waals surface area (Å²) in [5, 5.41) is 0.841. The van der Waals surface area contributed by atoms with E-state index in [1.807, 2.05) is 30.3 Å². The third-order valence-electron chi connectivity index (χ3n) is 7.44. The van der Waals surface area contributed by atoms with Gasteiger partial charge in [-0.05, 0) is 67.3 Å². The topological polar surface area (TPSA) is 66.8 Å². The molecule has 224 valence electrons. The zero-order valence-electron chi connectivity index (χ0n) is 24.8. The van der Waals surface area contributed by atoms with Crippen molar-refractivity contribution in [2.24, 2.45) is 0 Å². The van der Waals surface area contributed by atoms with Crippen LogP contribution < -0.4 is 9.47 Å². The number of aromatic nitrogens is 1. The lowest BCUT2D eigenvalue weighted by molar-refractivity contribution is 0.116. The van der Waals surface area contributed by atoms with Crippen LogP contribution in [-0.4, -0.2) is 33.2 Å². The minimum atomic E-state index is -3.78. The van der Waals surface area contributed by atoms with E-state index < -0.39 is 10.0 Å². The molecule has 0 aliphatic heterocycles. The van der Waals surface area contributed by atoms with E-state index in [1.165, 1.54) is 48.1 Å². The van der Waals surface area contributed by atoms with Gasteiger partial charge in [-0.15, -0.1) is 0 Å². The molecule has 1 heterocycles. The molecule has 7 heteroatoms. The predicted molar refractivity (Wildman–Crippen MR) is 171 cm³/mol. The molecule has 0 spiro atoms. The highest BCUT2D eigenvalue weighted by Crippen LogP contribution is 2.30. The third-order valence-corrected chi connectivity index (χ3v) is 9.13. The molecular formula is C35H43NO5S. The average molecular weight is 590 g/mol. The normalized spacial score (nSPS) is 11.9. The third kappa shape index (κ3) is 8.73. The zero-order valence-corrected chi connectivity index (χ0v) is 25.7. The first-order valence-corrected chi connectivity index (χ1v) is 16.3. The van der Waals surface area contributed by atoms with Gasteiger partial charge in [0.05, 0.1) is 31.2 Å². The molecule has 4 aromatic rings. The molecular weight excluding hydrogens is 546 g/mol. The van der Waals surface area contributed by atoms with Gasteiger partial charge in [-0.2, -0.15) is 0 Å². The fourth-order valence-electron chi connectivity index (χ4n) is 5.03. The van der Waals surface area contributed by atoms with E-state index in [9.17, 15) is 8.42 Å². The first kappa shape index (κ1) is 31.4. The van der Waals surface area contributed by atoms with Crippen LogP contribution in [0.25, 0.3) is 17.0 Å². The molecule has 1 aromatic heterocycles. The molecule has 0 atom stereocenters. The number of fused-ring (bicyclic) bond motifs is 1. The van der Waals surface area contributed by atoms with Gasteiger partial charge in [0.25, 0.3) is 10.0 Å². The highest BCUT2D eigenvalue weighted by atomic mass is 32.2. The Hall–Kier alpha value is -3.55. The molecule has 0 fully saturated rings. The highest BCUT2D eigenvalue weighted by molar-refractivity contribution is 7.90. The van der Waals surface area contributed by atoms with Gasteiger partial charge in [0.15, 0.2) is 0 Å². The minimum Gasteiger partial charge on any atom is -0.497 e. The van der Waals surface area contributed by atoms with Crippen molar-refractivity contribution < 1.29 is 22.6 Å². The summed E-state index contributed by atoms with van der Waals surface area (Å²) in [5.74, 6) is 1.30. The molecule has 0 N–H and O–H groups in total. The molecule has 4 rings (SSSR count). The van der Waals surface area contributed by atoms with Crippen LogP contribution in [0.4, 0.5) is 0 Å². The number of hydrogen-bond acceptors (Lipinski definition) is 5. The van der Waals surface area contributed by atoms with Crippen LogP contribution in [0.2, 0.25) is 0 Å². The number of hydrogen-bond donors (Lipinski definition) is 0. The fraction of sp³-hybridized carbons (Fsp3) is 0.371. The smallest absolute Gasteiger partial charge is 0.268 e. The van der Waals surface area contributed by atoms with Crippen molar-refractivity contribution in [1.82, 2.24) is 3.97 Å². The number of rotatable bonds is 18. The summed E-state index contributed by atoms with van der Waals surface area (Å²) in [4.78, 5) is 0.211. The number of allylic oxidation sites excluding steroid dienone is 1. The Balaban J connectivity index is 1.21. The van der Waals surface area contributed by atoms with Crippen molar-refractivity contribution in [1.29, 1.82) is 0 Å². The van der Waals surface area contributed by atoms with E-state index >= 15 is 0 Å². The largest absolute Gasteiger partial charge is 0.497 e. The van der Waals surface area contributed by atoms with Gasteiger partial charge >= 0.3 is 0 Å². The molecule has 0 amide bonds. The van der Waals surface area contributed by atoms with Gasteiger partial charge in [0.2, 0.25) is 0 Å². The lowest BCUT2D eigenvalue weighted by atomic mass is 10.1. The molecule has 0 bridgehead atoms. The van der Waals surface area contributed by atoms with E-state index in [0.29, 0.717) is 23.6 Å². The number of nitrogens with zero attached hydrogens (tertiary/aromatic N) is 1. The van der Waals surface area contributed by atoms with Crippen LogP contribution in [0.5, 0.6) is 11.5 Å². The summed E-state index contributed by atoms with van der Waals surface area (Å²) in [6.07, 6.45) is 16.6. The van der Waals surface area contributed by atoms with Gasteiger partial charge in [-0.25, -0.2) is 12.4 Å². The summed E-state index contributed by atoms with van der Waals surface area (Å²) < 4.78 is 44.8.